The van der Waals surface area contributed by atoms with Gasteiger partial charge >= 0.3 is 0 Å². The number of nitrogens with two attached hydrogens (primary N) is 1. The van der Waals surface area contributed by atoms with Gasteiger partial charge in [0.05, 0.1) is 0 Å². The van der Waals surface area contributed by atoms with E-state index in [1.54, 1.807) is 0 Å². The monoisotopic (exact) mass is 241 g/mol. The predicted molar refractivity (Wildman–Crippen MR) is 75.1 cm³/mol. The van der Waals surface area contributed by atoms with Crippen LogP contribution < -0.4 is 5.73 Å². The normalized spacial score (nSPS) is 32.6. The fourth-order valence-electron chi connectivity index (χ4n) is 3.61. The molecule has 3 nitrogen and oxygen atoms in total. The second-order valence-electron chi connectivity index (χ2n) is 6.98. The van der Waals surface area contributed by atoms with Crippen LogP contribution >= 0.6 is 0 Å². The smallest absolute Gasteiger partial charge is 0.0359 e. The lowest BCUT2D eigenvalue weighted by molar-refractivity contribution is 0.0791. The van der Waals surface area contributed by atoms with Gasteiger partial charge in [0.2, 0.25) is 0 Å². The average molecular weight is 241 g/mol. The first-order valence-corrected chi connectivity index (χ1v) is 6.79. The van der Waals surface area contributed by atoms with Gasteiger partial charge in [-0.3, -0.25) is 4.90 Å². The van der Waals surface area contributed by atoms with Crippen LogP contribution in [0, 0.1) is 11.3 Å². The summed E-state index contributed by atoms with van der Waals surface area (Å²) in [5.41, 5.74) is 6.78. The molecule has 1 aliphatic carbocycles. The van der Waals surface area contributed by atoms with Gasteiger partial charge in [0.25, 0.3) is 0 Å². The van der Waals surface area contributed by atoms with Crippen LogP contribution in [0.15, 0.2) is 0 Å². The van der Waals surface area contributed by atoms with E-state index in [1.807, 2.05) is 0 Å². The minimum atomic E-state index is 0.208. The highest BCUT2D eigenvalue weighted by Crippen LogP contribution is 2.49. The summed E-state index contributed by atoms with van der Waals surface area (Å²) in [4.78, 5) is 4.75. The van der Waals surface area contributed by atoms with Crippen molar-refractivity contribution in [3.63, 3.8) is 0 Å². The number of likely N-dealkylation sites (N-methyl/N-ethyl adjacent to an activating group) is 2. The second kappa shape index (κ2) is 5.25. The van der Waals surface area contributed by atoms with E-state index in [9.17, 15) is 0 Å². The highest BCUT2D eigenvalue weighted by molar-refractivity contribution is 5.05. The lowest BCUT2D eigenvalue weighted by atomic mass is 9.85. The number of nitrogens with zero attached hydrogens (tertiary/aromatic N) is 2. The quantitative estimate of drug-likeness (QED) is 0.794. The van der Waals surface area contributed by atoms with Crippen LogP contribution in [0.3, 0.4) is 0 Å². The molecule has 0 aromatic rings. The van der Waals surface area contributed by atoms with Gasteiger partial charge in [-0.25, -0.2) is 0 Å². The van der Waals surface area contributed by atoms with Crippen LogP contribution in [0.25, 0.3) is 0 Å². The Morgan fingerprint density at radius 1 is 1.18 bits per heavy atom. The molecule has 0 radical (unpaired) electrons. The van der Waals surface area contributed by atoms with Gasteiger partial charge in [-0.05, 0) is 45.3 Å². The van der Waals surface area contributed by atoms with E-state index in [-0.39, 0.29) is 5.54 Å². The predicted octanol–water partition coefficient (Wildman–Crippen LogP) is 1.63. The summed E-state index contributed by atoms with van der Waals surface area (Å²) in [6.45, 7) is 10.1. The van der Waals surface area contributed by atoms with Gasteiger partial charge in [0.1, 0.15) is 0 Å². The molecule has 0 aromatic heterocycles. The highest BCUT2D eigenvalue weighted by atomic mass is 15.2. The van der Waals surface area contributed by atoms with Gasteiger partial charge in [0.15, 0.2) is 0 Å². The molecular weight excluding hydrogens is 210 g/mol. The lowest BCUT2D eigenvalue weighted by Gasteiger charge is -2.42. The van der Waals surface area contributed by atoms with Crippen molar-refractivity contribution in [2.75, 3.05) is 40.8 Å². The molecule has 0 aliphatic heterocycles. The molecule has 2 unspecified atom stereocenters. The maximum Gasteiger partial charge on any atom is 0.0359 e. The highest BCUT2D eigenvalue weighted by Gasteiger charge is 2.49. The zero-order chi connectivity index (χ0) is 13.3. The Morgan fingerprint density at radius 3 is 2.12 bits per heavy atom. The van der Waals surface area contributed by atoms with E-state index in [0.29, 0.717) is 11.3 Å². The summed E-state index contributed by atoms with van der Waals surface area (Å²) in [5.74, 6) is 0.690. The maximum absolute atomic E-state index is 6.13. The SMILES string of the molecule is CC1CC(C)(C)CC1(CN)N(C)CCN(C)C. The molecule has 1 rings (SSSR count). The molecular formula is C14H31N3. The molecule has 0 bridgehead atoms. The molecule has 1 fully saturated rings. The third-order valence-corrected chi connectivity index (χ3v) is 4.56. The summed E-state index contributed by atoms with van der Waals surface area (Å²) in [6, 6.07) is 0. The van der Waals surface area contributed by atoms with Crippen molar-refractivity contribution < 1.29 is 0 Å². The van der Waals surface area contributed by atoms with Gasteiger partial charge < -0.3 is 10.6 Å². The van der Waals surface area contributed by atoms with E-state index in [1.165, 1.54) is 12.8 Å². The molecule has 0 aromatic carbocycles. The fourth-order valence-corrected chi connectivity index (χ4v) is 3.61. The Labute approximate surface area is 107 Å². The van der Waals surface area contributed by atoms with Crippen LogP contribution in [0.5, 0.6) is 0 Å². The third kappa shape index (κ3) is 3.21. The molecule has 0 saturated heterocycles. The van der Waals surface area contributed by atoms with E-state index in [2.05, 4.69) is 51.7 Å². The van der Waals surface area contributed by atoms with Crippen LogP contribution in [0.1, 0.15) is 33.6 Å². The largest absolute Gasteiger partial charge is 0.329 e. The first-order valence-electron chi connectivity index (χ1n) is 6.79. The summed E-state index contributed by atoms with van der Waals surface area (Å²) in [7, 11) is 6.50. The summed E-state index contributed by atoms with van der Waals surface area (Å²) >= 11 is 0. The van der Waals surface area contributed by atoms with E-state index >= 15 is 0 Å². The number of hydrogen-bond acceptors (Lipinski definition) is 3. The van der Waals surface area contributed by atoms with Gasteiger partial charge in [-0.2, -0.15) is 0 Å². The van der Waals surface area contributed by atoms with E-state index in [0.717, 1.165) is 19.6 Å². The van der Waals surface area contributed by atoms with Crippen molar-refractivity contribution in [2.45, 2.75) is 39.2 Å². The topological polar surface area (TPSA) is 32.5 Å². The molecule has 0 heterocycles. The van der Waals surface area contributed by atoms with Crippen LogP contribution in [0.2, 0.25) is 0 Å². The molecule has 3 heteroatoms. The van der Waals surface area contributed by atoms with Crippen molar-refractivity contribution >= 4 is 0 Å². The molecule has 102 valence electrons. The lowest BCUT2D eigenvalue weighted by Crippen LogP contribution is -2.55. The standard InChI is InChI=1S/C14H31N3/c1-12-9-13(2,3)10-14(12,11-15)17(6)8-7-16(4)5/h12H,7-11,15H2,1-6H3. The first kappa shape index (κ1) is 14.9. The molecule has 0 amide bonds. The van der Waals surface area contributed by atoms with Gasteiger partial charge in [-0.15, -0.1) is 0 Å². The molecule has 0 spiro atoms. The van der Waals surface area contributed by atoms with Crippen molar-refractivity contribution in [2.24, 2.45) is 17.1 Å². The number of rotatable bonds is 5. The summed E-state index contributed by atoms with van der Waals surface area (Å²) < 4.78 is 0. The summed E-state index contributed by atoms with van der Waals surface area (Å²) in [5, 5.41) is 0. The zero-order valence-corrected chi connectivity index (χ0v) is 12.6. The van der Waals surface area contributed by atoms with Crippen LogP contribution in [-0.4, -0.2) is 56.1 Å². The van der Waals surface area contributed by atoms with Crippen LogP contribution in [-0.2, 0) is 0 Å². The Balaban J connectivity index is 2.75. The molecule has 2 atom stereocenters. The molecule has 2 N–H and O–H groups in total. The Hall–Kier alpha value is -0.120. The van der Waals surface area contributed by atoms with Gasteiger partial charge in [-0.1, -0.05) is 20.8 Å². The minimum absolute atomic E-state index is 0.208. The Kier molecular flexibility index (Phi) is 4.61. The van der Waals surface area contributed by atoms with Crippen LogP contribution in [0.4, 0.5) is 0 Å². The first-order chi connectivity index (χ1) is 7.73. The van der Waals surface area contributed by atoms with Crippen molar-refractivity contribution in [3.05, 3.63) is 0 Å². The van der Waals surface area contributed by atoms with E-state index in [4.69, 9.17) is 5.73 Å². The third-order valence-electron chi connectivity index (χ3n) is 4.56. The molecule has 1 saturated carbocycles. The average Bonchev–Trinajstić information content (AvgIpc) is 2.45. The second-order valence-corrected chi connectivity index (χ2v) is 6.98. The van der Waals surface area contributed by atoms with Crippen molar-refractivity contribution in [3.8, 4) is 0 Å². The Bertz CT molecular complexity index is 250. The maximum atomic E-state index is 6.13. The Morgan fingerprint density at radius 2 is 1.76 bits per heavy atom. The summed E-state index contributed by atoms with van der Waals surface area (Å²) in [6.07, 6.45) is 2.51. The van der Waals surface area contributed by atoms with E-state index < -0.39 is 0 Å². The van der Waals surface area contributed by atoms with Crippen molar-refractivity contribution in [1.82, 2.24) is 9.80 Å². The molecule has 17 heavy (non-hydrogen) atoms. The van der Waals surface area contributed by atoms with Crippen molar-refractivity contribution in [1.29, 1.82) is 0 Å². The number of hydrogen-bond donors (Lipinski definition) is 1. The fraction of sp³-hybridized carbons (Fsp3) is 1.00. The molecule has 1 aliphatic rings. The zero-order valence-electron chi connectivity index (χ0n) is 12.6. The van der Waals surface area contributed by atoms with Gasteiger partial charge in [0, 0.05) is 25.2 Å². The minimum Gasteiger partial charge on any atom is -0.329 e.